The van der Waals surface area contributed by atoms with E-state index in [4.69, 9.17) is 17.3 Å². The molecule has 34 heavy (non-hydrogen) atoms. The largest absolute Gasteiger partial charge is 0.417 e. The standard InChI is InChI=1S/C23H27ClF3N5O2/c1-3-17(16(24)10-15(11-28)23(25,26)27)32-12-18(22(13-32)6-7-22)30-21(34)14-5-8-29-19(9-14)31-20(33)4-2/h3,5,8-11,18H,4,6-7,12-13,28H2,1-2H3,(H,30,34)(H,29,31,33)/b15-11+,16-10+,17-3+/t18-/m0/s1. The summed E-state index contributed by atoms with van der Waals surface area (Å²) >= 11 is 6.27. The van der Waals surface area contributed by atoms with Gasteiger partial charge in [-0.05, 0) is 38.0 Å². The monoisotopic (exact) mass is 497 g/mol. The molecule has 0 unspecified atom stereocenters. The molecule has 4 N–H and O–H groups in total. The van der Waals surface area contributed by atoms with Gasteiger partial charge in [0.1, 0.15) is 5.82 Å². The number of allylic oxidation sites excluding steroid dienone is 4. The van der Waals surface area contributed by atoms with E-state index < -0.39 is 11.7 Å². The van der Waals surface area contributed by atoms with Crippen molar-refractivity contribution < 1.29 is 22.8 Å². The third-order valence-corrected chi connectivity index (χ3v) is 6.41. The highest BCUT2D eigenvalue weighted by Crippen LogP contribution is 2.54. The summed E-state index contributed by atoms with van der Waals surface area (Å²) in [5.74, 6) is -0.243. The van der Waals surface area contributed by atoms with E-state index in [1.165, 1.54) is 12.3 Å². The molecule has 1 saturated carbocycles. The summed E-state index contributed by atoms with van der Waals surface area (Å²) in [6.07, 6.45) is 1.83. The van der Waals surface area contributed by atoms with Gasteiger partial charge in [-0.3, -0.25) is 9.59 Å². The lowest BCUT2D eigenvalue weighted by Gasteiger charge is -2.22. The number of anilines is 1. The van der Waals surface area contributed by atoms with Gasteiger partial charge >= 0.3 is 6.18 Å². The van der Waals surface area contributed by atoms with Crippen LogP contribution in [0.15, 0.2) is 53.0 Å². The topological polar surface area (TPSA) is 100 Å². The molecule has 184 valence electrons. The van der Waals surface area contributed by atoms with E-state index in [1.54, 1.807) is 26.0 Å². The van der Waals surface area contributed by atoms with E-state index in [0.29, 0.717) is 30.5 Å². The zero-order chi connectivity index (χ0) is 25.1. The molecule has 0 radical (unpaired) electrons. The Labute approximate surface area is 200 Å². The first-order chi connectivity index (χ1) is 16.0. The number of hydrogen-bond donors (Lipinski definition) is 3. The van der Waals surface area contributed by atoms with Gasteiger partial charge in [-0.1, -0.05) is 24.6 Å². The summed E-state index contributed by atoms with van der Waals surface area (Å²) in [5.41, 5.74) is 4.74. The Kier molecular flexibility index (Phi) is 7.60. The second-order valence-corrected chi connectivity index (χ2v) is 8.79. The lowest BCUT2D eigenvalue weighted by molar-refractivity contribution is -0.115. The molecule has 1 saturated heterocycles. The number of aromatic nitrogens is 1. The molecule has 2 amide bonds. The fourth-order valence-corrected chi connectivity index (χ4v) is 4.38. The van der Waals surface area contributed by atoms with Crippen LogP contribution in [0.4, 0.5) is 19.0 Å². The third-order valence-electron chi connectivity index (χ3n) is 6.10. The van der Waals surface area contributed by atoms with Gasteiger partial charge in [0.2, 0.25) is 5.91 Å². The number of halogens is 4. The molecule has 1 spiro atoms. The predicted octanol–water partition coefficient (Wildman–Crippen LogP) is 4.06. The van der Waals surface area contributed by atoms with Crippen molar-refractivity contribution in [1.29, 1.82) is 0 Å². The lowest BCUT2D eigenvalue weighted by atomic mass is 10.0. The molecule has 1 aromatic heterocycles. The summed E-state index contributed by atoms with van der Waals surface area (Å²) in [5, 5.41) is 5.59. The van der Waals surface area contributed by atoms with Crippen molar-refractivity contribution in [3.05, 3.63) is 58.5 Å². The fraction of sp³-hybridized carbons (Fsp3) is 0.435. The van der Waals surface area contributed by atoms with E-state index in [0.717, 1.165) is 18.9 Å². The molecule has 0 bridgehead atoms. The van der Waals surface area contributed by atoms with Gasteiger partial charge < -0.3 is 21.3 Å². The first kappa shape index (κ1) is 25.6. The molecule has 0 aromatic carbocycles. The predicted molar refractivity (Wildman–Crippen MR) is 124 cm³/mol. The second-order valence-electron chi connectivity index (χ2n) is 8.39. The van der Waals surface area contributed by atoms with Crippen molar-refractivity contribution in [1.82, 2.24) is 15.2 Å². The molecule has 2 aliphatic rings. The Bertz CT molecular complexity index is 1050. The molecule has 2 heterocycles. The average Bonchev–Trinajstić information content (AvgIpc) is 3.48. The Morgan fingerprint density at radius 2 is 2.09 bits per heavy atom. The van der Waals surface area contributed by atoms with Gasteiger partial charge in [0.05, 0.1) is 22.3 Å². The maximum absolute atomic E-state index is 13.1. The quantitative estimate of drug-likeness (QED) is 0.493. The Balaban J connectivity index is 1.74. The van der Waals surface area contributed by atoms with Crippen molar-refractivity contribution >= 4 is 29.2 Å². The third kappa shape index (κ3) is 5.72. The highest BCUT2D eigenvalue weighted by Gasteiger charge is 2.56. The highest BCUT2D eigenvalue weighted by atomic mass is 35.5. The fourth-order valence-electron chi connectivity index (χ4n) is 4.04. The summed E-state index contributed by atoms with van der Waals surface area (Å²) in [6.45, 7) is 4.36. The smallest absolute Gasteiger partial charge is 0.404 e. The van der Waals surface area contributed by atoms with Crippen LogP contribution in [-0.2, 0) is 4.79 Å². The van der Waals surface area contributed by atoms with Gasteiger partial charge in [-0.15, -0.1) is 0 Å². The number of amides is 2. The normalized spacial score (nSPS) is 20.5. The number of nitrogens with one attached hydrogen (secondary N) is 2. The maximum Gasteiger partial charge on any atom is 0.417 e. The molecule has 1 aliphatic carbocycles. The van der Waals surface area contributed by atoms with E-state index in [2.05, 4.69) is 15.6 Å². The Morgan fingerprint density at radius 3 is 2.65 bits per heavy atom. The van der Waals surface area contributed by atoms with Crippen molar-refractivity contribution in [2.45, 2.75) is 45.3 Å². The van der Waals surface area contributed by atoms with Crippen LogP contribution in [0, 0.1) is 5.41 Å². The molecule has 7 nitrogen and oxygen atoms in total. The lowest BCUT2D eigenvalue weighted by Crippen LogP contribution is -2.41. The SMILES string of the molecule is C\C=C(/C(Cl)=C\C(=C/N)C(F)(F)F)N1C[C@H](NC(=O)c2ccnc(NC(=O)CC)c2)C2(CC2)C1. The van der Waals surface area contributed by atoms with Crippen molar-refractivity contribution in [3.8, 4) is 0 Å². The van der Waals surface area contributed by atoms with Crippen LogP contribution < -0.4 is 16.4 Å². The summed E-state index contributed by atoms with van der Waals surface area (Å²) in [6, 6.07) is 2.84. The minimum absolute atomic E-state index is 0.0789. The van der Waals surface area contributed by atoms with E-state index in [1.807, 2.05) is 4.90 Å². The molecular formula is C23H27ClF3N5O2. The van der Waals surface area contributed by atoms with Crippen LogP contribution in [0.2, 0.25) is 0 Å². The summed E-state index contributed by atoms with van der Waals surface area (Å²) in [7, 11) is 0. The van der Waals surface area contributed by atoms with Crippen LogP contribution in [-0.4, -0.2) is 47.0 Å². The van der Waals surface area contributed by atoms with E-state index >= 15 is 0 Å². The molecular weight excluding hydrogens is 471 g/mol. The second kappa shape index (κ2) is 10.1. The van der Waals surface area contributed by atoms with Gasteiger partial charge in [0, 0.05) is 42.9 Å². The number of nitrogens with zero attached hydrogens (tertiary/aromatic N) is 2. The number of carbonyl (C=O) groups is 2. The molecule has 2 fully saturated rings. The number of alkyl halides is 3. The van der Waals surface area contributed by atoms with Crippen LogP contribution in [0.3, 0.4) is 0 Å². The van der Waals surface area contributed by atoms with E-state index in [-0.39, 0.29) is 40.5 Å². The maximum atomic E-state index is 13.1. The van der Waals surface area contributed by atoms with Crippen LogP contribution in [0.5, 0.6) is 0 Å². The molecule has 3 rings (SSSR count). The first-order valence-electron chi connectivity index (χ1n) is 10.9. The van der Waals surface area contributed by atoms with Gasteiger partial charge in [-0.2, -0.15) is 13.2 Å². The number of likely N-dealkylation sites (tertiary alicyclic amines) is 1. The summed E-state index contributed by atoms with van der Waals surface area (Å²) < 4.78 is 39.3. The van der Waals surface area contributed by atoms with Gasteiger partial charge in [-0.25, -0.2) is 4.98 Å². The number of carbonyl (C=O) groups excluding carboxylic acids is 2. The minimum atomic E-state index is -4.62. The first-order valence-corrected chi connectivity index (χ1v) is 11.3. The average molecular weight is 498 g/mol. The van der Waals surface area contributed by atoms with Gasteiger partial charge in [0.15, 0.2) is 0 Å². The van der Waals surface area contributed by atoms with Crippen LogP contribution in [0.25, 0.3) is 0 Å². The number of nitrogens with two attached hydrogens (primary N) is 1. The number of pyridine rings is 1. The molecule has 1 atom stereocenters. The molecule has 11 heteroatoms. The van der Waals surface area contributed by atoms with Crippen LogP contribution >= 0.6 is 11.6 Å². The van der Waals surface area contributed by atoms with Crippen LogP contribution in [0.1, 0.15) is 43.5 Å². The van der Waals surface area contributed by atoms with E-state index in [9.17, 15) is 22.8 Å². The highest BCUT2D eigenvalue weighted by molar-refractivity contribution is 6.32. The number of rotatable bonds is 7. The van der Waals surface area contributed by atoms with Crippen molar-refractivity contribution in [2.75, 3.05) is 18.4 Å². The zero-order valence-corrected chi connectivity index (χ0v) is 19.6. The number of hydrogen-bond acceptors (Lipinski definition) is 5. The Morgan fingerprint density at radius 1 is 1.38 bits per heavy atom. The van der Waals surface area contributed by atoms with Crippen molar-refractivity contribution in [3.63, 3.8) is 0 Å². The molecule has 1 aromatic rings. The van der Waals surface area contributed by atoms with Crippen molar-refractivity contribution in [2.24, 2.45) is 11.1 Å². The zero-order valence-electron chi connectivity index (χ0n) is 18.9. The minimum Gasteiger partial charge on any atom is -0.404 e. The summed E-state index contributed by atoms with van der Waals surface area (Å²) in [4.78, 5) is 30.5. The Hall–Kier alpha value is -3.01. The van der Waals surface area contributed by atoms with Gasteiger partial charge in [0.25, 0.3) is 5.91 Å². The molecule has 1 aliphatic heterocycles.